The number of nitrogens with zero attached hydrogens (tertiary/aromatic N) is 5. The minimum Gasteiger partial charge on any atom is -0.326 e. The molecule has 0 bridgehead atoms. The van der Waals surface area contributed by atoms with Gasteiger partial charge in [-0.1, -0.05) is 0 Å². The average molecular weight is 345 g/mol. The van der Waals surface area contributed by atoms with Crippen LogP contribution in [-0.4, -0.2) is 75.7 Å². The minimum absolute atomic E-state index is 0.0779. The standard InChI is InChI=1S/C15H22F3N5O/c1-20-8-9-23(14(20)24)12-2-5-21(6-3-12)10-13-19-4-7-22(13)11-15(16,17)18/h4,7,12H,2-3,5-6,8-11H2,1H3. The quantitative estimate of drug-likeness (QED) is 0.836. The molecule has 0 unspecified atom stereocenters. The smallest absolute Gasteiger partial charge is 0.326 e. The Morgan fingerprint density at radius 1 is 1.21 bits per heavy atom. The van der Waals surface area contributed by atoms with Crippen LogP contribution in [0.1, 0.15) is 18.7 Å². The molecule has 2 fully saturated rings. The summed E-state index contributed by atoms with van der Waals surface area (Å²) in [7, 11) is 1.80. The molecule has 3 rings (SSSR count). The number of likely N-dealkylation sites (tertiary alicyclic amines) is 1. The van der Waals surface area contributed by atoms with E-state index in [1.807, 2.05) is 4.90 Å². The summed E-state index contributed by atoms with van der Waals surface area (Å²) < 4.78 is 38.9. The molecule has 0 radical (unpaired) electrons. The van der Waals surface area contributed by atoms with Gasteiger partial charge in [-0.05, 0) is 12.8 Å². The molecular formula is C15H22F3N5O. The summed E-state index contributed by atoms with van der Waals surface area (Å²) in [6.45, 7) is 2.44. The van der Waals surface area contributed by atoms with E-state index >= 15 is 0 Å². The molecule has 0 aliphatic carbocycles. The van der Waals surface area contributed by atoms with Crippen LogP contribution in [-0.2, 0) is 13.1 Å². The molecule has 0 spiro atoms. The van der Waals surface area contributed by atoms with Gasteiger partial charge in [-0.2, -0.15) is 13.2 Å². The number of carbonyl (C=O) groups is 1. The van der Waals surface area contributed by atoms with Crippen LogP contribution in [0.5, 0.6) is 0 Å². The summed E-state index contributed by atoms with van der Waals surface area (Å²) in [5.74, 6) is 0.433. The Hall–Kier alpha value is -1.77. The predicted molar refractivity (Wildman–Crippen MR) is 81.3 cm³/mol. The van der Waals surface area contributed by atoms with Gasteiger partial charge in [-0.25, -0.2) is 9.78 Å². The van der Waals surface area contributed by atoms with Crippen molar-refractivity contribution in [3.8, 4) is 0 Å². The maximum absolute atomic E-state index is 12.6. The van der Waals surface area contributed by atoms with E-state index in [0.29, 0.717) is 12.4 Å². The molecule has 0 aromatic carbocycles. The van der Waals surface area contributed by atoms with Crippen molar-refractivity contribution in [2.24, 2.45) is 0 Å². The highest BCUT2D eigenvalue weighted by Gasteiger charge is 2.34. The van der Waals surface area contributed by atoms with Crippen molar-refractivity contribution in [2.75, 3.05) is 33.2 Å². The molecule has 0 atom stereocenters. The Kier molecular flexibility index (Phi) is 4.71. The normalized spacial score (nSPS) is 21.1. The number of carbonyl (C=O) groups excluding carboxylic acids is 1. The highest BCUT2D eigenvalue weighted by atomic mass is 19.4. The number of imidazole rings is 1. The fourth-order valence-electron chi connectivity index (χ4n) is 3.42. The zero-order valence-corrected chi connectivity index (χ0v) is 13.7. The van der Waals surface area contributed by atoms with E-state index in [1.54, 1.807) is 11.9 Å². The first-order chi connectivity index (χ1) is 11.3. The first kappa shape index (κ1) is 17.1. The van der Waals surface area contributed by atoms with Gasteiger partial charge in [0, 0.05) is 51.7 Å². The van der Waals surface area contributed by atoms with E-state index in [-0.39, 0.29) is 12.1 Å². The maximum atomic E-state index is 12.6. The van der Waals surface area contributed by atoms with Crippen molar-refractivity contribution in [3.63, 3.8) is 0 Å². The zero-order chi connectivity index (χ0) is 17.3. The molecule has 2 aliphatic rings. The van der Waals surface area contributed by atoms with Crippen LogP contribution < -0.4 is 0 Å². The van der Waals surface area contributed by atoms with Crippen LogP contribution in [0.15, 0.2) is 12.4 Å². The van der Waals surface area contributed by atoms with Gasteiger partial charge in [-0.3, -0.25) is 4.90 Å². The Labute approximate surface area is 138 Å². The number of amides is 2. The Balaban J connectivity index is 1.53. The molecule has 0 N–H and O–H groups in total. The summed E-state index contributed by atoms with van der Waals surface area (Å²) in [4.78, 5) is 21.8. The number of urea groups is 1. The predicted octanol–water partition coefficient (Wildman–Crippen LogP) is 1.78. The highest BCUT2D eigenvalue weighted by Crippen LogP contribution is 2.23. The van der Waals surface area contributed by atoms with E-state index in [4.69, 9.17) is 0 Å². The van der Waals surface area contributed by atoms with Crippen molar-refractivity contribution >= 4 is 6.03 Å². The van der Waals surface area contributed by atoms with Crippen LogP contribution in [0.25, 0.3) is 0 Å². The maximum Gasteiger partial charge on any atom is 0.406 e. The van der Waals surface area contributed by atoms with Gasteiger partial charge in [0.15, 0.2) is 0 Å². The zero-order valence-electron chi connectivity index (χ0n) is 13.7. The first-order valence-electron chi connectivity index (χ1n) is 8.14. The van der Waals surface area contributed by atoms with Crippen LogP contribution in [0.2, 0.25) is 0 Å². The molecule has 3 heterocycles. The second kappa shape index (κ2) is 6.62. The third-order valence-electron chi connectivity index (χ3n) is 4.76. The summed E-state index contributed by atoms with van der Waals surface area (Å²) in [6.07, 6.45) is 0.227. The number of hydrogen-bond acceptors (Lipinski definition) is 3. The lowest BCUT2D eigenvalue weighted by molar-refractivity contribution is -0.141. The number of likely N-dealkylation sites (N-methyl/N-ethyl adjacent to an activating group) is 1. The van der Waals surface area contributed by atoms with E-state index in [0.717, 1.165) is 43.6 Å². The van der Waals surface area contributed by atoms with Crippen LogP contribution in [0.3, 0.4) is 0 Å². The van der Waals surface area contributed by atoms with Crippen LogP contribution in [0, 0.1) is 0 Å². The fourth-order valence-corrected chi connectivity index (χ4v) is 3.42. The van der Waals surface area contributed by atoms with E-state index in [9.17, 15) is 18.0 Å². The van der Waals surface area contributed by atoms with Gasteiger partial charge in [0.25, 0.3) is 0 Å². The monoisotopic (exact) mass is 345 g/mol. The Morgan fingerprint density at radius 3 is 2.50 bits per heavy atom. The Morgan fingerprint density at radius 2 is 1.92 bits per heavy atom. The minimum atomic E-state index is -4.25. The van der Waals surface area contributed by atoms with Gasteiger partial charge >= 0.3 is 12.2 Å². The Bertz CT molecular complexity index is 580. The summed E-state index contributed by atoms with van der Waals surface area (Å²) in [6, 6.07) is 0.308. The summed E-state index contributed by atoms with van der Waals surface area (Å²) in [5.41, 5.74) is 0. The lowest BCUT2D eigenvalue weighted by Crippen LogP contribution is -2.46. The van der Waals surface area contributed by atoms with Crippen molar-refractivity contribution < 1.29 is 18.0 Å². The molecule has 1 aromatic rings. The topological polar surface area (TPSA) is 44.6 Å². The lowest BCUT2D eigenvalue weighted by atomic mass is 10.0. The third kappa shape index (κ3) is 3.82. The highest BCUT2D eigenvalue weighted by molar-refractivity contribution is 5.76. The summed E-state index contributed by atoms with van der Waals surface area (Å²) >= 11 is 0. The number of rotatable bonds is 4. The largest absolute Gasteiger partial charge is 0.406 e. The number of aromatic nitrogens is 2. The van der Waals surface area contributed by atoms with E-state index in [1.165, 1.54) is 12.4 Å². The molecule has 1 aromatic heterocycles. The van der Waals surface area contributed by atoms with Crippen molar-refractivity contribution in [1.82, 2.24) is 24.3 Å². The number of piperidine rings is 1. The van der Waals surface area contributed by atoms with E-state index in [2.05, 4.69) is 9.88 Å². The summed E-state index contributed by atoms with van der Waals surface area (Å²) in [5, 5.41) is 0. The average Bonchev–Trinajstić information content (AvgIpc) is 3.07. The fraction of sp³-hybridized carbons (Fsp3) is 0.733. The molecule has 134 valence electrons. The van der Waals surface area contributed by atoms with Crippen LogP contribution >= 0.6 is 0 Å². The molecule has 6 nitrogen and oxygen atoms in total. The van der Waals surface area contributed by atoms with Crippen molar-refractivity contribution in [2.45, 2.75) is 38.1 Å². The molecule has 24 heavy (non-hydrogen) atoms. The molecular weight excluding hydrogens is 323 g/mol. The molecule has 2 saturated heterocycles. The van der Waals surface area contributed by atoms with Gasteiger partial charge in [-0.15, -0.1) is 0 Å². The number of halogens is 3. The van der Waals surface area contributed by atoms with Gasteiger partial charge in [0.05, 0.1) is 6.54 Å². The first-order valence-corrected chi connectivity index (χ1v) is 8.14. The molecule has 9 heteroatoms. The number of alkyl halides is 3. The SMILES string of the molecule is CN1CCN(C2CCN(Cc3nccn3CC(F)(F)F)CC2)C1=O. The van der Waals surface area contributed by atoms with Crippen molar-refractivity contribution in [3.05, 3.63) is 18.2 Å². The second-order valence-electron chi connectivity index (χ2n) is 6.49. The van der Waals surface area contributed by atoms with Gasteiger partial charge < -0.3 is 14.4 Å². The van der Waals surface area contributed by atoms with Crippen molar-refractivity contribution in [1.29, 1.82) is 0 Å². The lowest BCUT2D eigenvalue weighted by Gasteiger charge is -2.36. The van der Waals surface area contributed by atoms with Gasteiger partial charge in [0.1, 0.15) is 12.4 Å². The second-order valence-corrected chi connectivity index (χ2v) is 6.49. The van der Waals surface area contributed by atoms with E-state index < -0.39 is 12.7 Å². The van der Waals surface area contributed by atoms with Crippen LogP contribution in [0.4, 0.5) is 18.0 Å². The number of hydrogen-bond donors (Lipinski definition) is 0. The van der Waals surface area contributed by atoms with Gasteiger partial charge in [0.2, 0.25) is 0 Å². The molecule has 2 aliphatic heterocycles. The third-order valence-corrected chi connectivity index (χ3v) is 4.76. The molecule has 2 amide bonds. The molecule has 0 saturated carbocycles.